The molecule has 0 bridgehead atoms. The zero-order valence-electron chi connectivity index (χ0n) is 10.2. The second-order valence-electron chi connectivity index (χ2n) is 3.91. The fraction of sp³-hybridized carbons (Fsp3) is 0.286. The number of rotatable bonds is 5. The Morgan fingerprint density at radius 1 is 1.44 bits per heavy atom. The van der Waals surface area contributed by atoms with E-state index in [-0.39, 0.29) is 6.79 Å². The van der Waals surface area contributed by atoms with Gasteiger partial charge < -0.3 is 14.2 Å². The van der Waals surface area contributed by atoms with E-state index in [1.807, 2.05) is 31.2 Å². The Bertz CT molecular complexity index is 476. The molecule has 0 amide bonds. The van der Waals surface area contributed by atoms with E-state index in [0.717, 1.165) is 29.2 Å². The Hall–Kier alpha value is -1.17. The smallest absolute Gasteiger partial charge is 0.231 e. The normalized spacial score (nSPS) is 13.6. The Labute approximate surface area is 121 Å². The highest BCUT2D eigenvalue weighted by atomic mass is 127. The van der Waals surface area contributed by atoms with Gasteiger partial charge in [-0.15, -0.1) is 6.58 Å². The van der Waals surface area contributed by atoms with Crippen molar-refractivity contribution in [2.75, 3.05) is 13.4 Å². The summed E-state index contributed by atoms with van der Waals surface area (Å²) in [6, 6.07) is 3.84. The minimum Gasteiger partial charge on any atom is -0.489 e. The maximum Gasteiger partial charge on any atom is 0.231 e. The van der Waals surface area contributed by atoms with Gasteiger partial charge in [0, 0.05) is 11.6 Å². The first-order valence-electron chi connectivity index (χ1n) is 5.69. The van der Waals surface area contributed by atoms with Crippen LogP contribution in [-0.2, 0) is 6.42 Å². The molecule has 0 aromatic heterocycles. The first-order chi connectivity index (χ1) is 8.70. The van der Waals surface area contributed by atoms with Gasteiger partial charge in [-0.3, -0.25) is 0 Å². The van der Waals surface area contributed by atoms with E-state index in [0.29, 0.717) is 6.61 Å². The van der Waals surface area contributed by atoms with Gasteiger partial charge in [0.05, 0.1) is 0 Å². The molecule has 0 atom stereocenters. The van der Waals surface area contributed by atoms with Gasteiger partial charge in [-0.25, -0.2) is 0 Å². The van der Waals surface area contributed by atoms with Gasteiger partial charge in [-0.1, -0.05) is 6.08 Å². The molecule has 96 valence electrons. The average molecular weight is 358 g/mol. The van der Waals surface area contributed by atoms with Crippen molar-refractivity contribution >= 4 is 22.6 Å². The van der Waals surface area contributed by atoms with E-state index in [1.54, 1.807) is 0 Å². The van der Waals surface area contributed by atoms with Gasteiger partial charge >= 0.3 is 0 Å². The number of hydrogen-bond acceptors (Lipinski definition) is 3. The van der Waals surface area contributed by atoms with Crippen LogP contribution < -0.4 is 14.2 Å². The quantitative estimate of drug-likeness (QED) is 0.591. The Balaban J connectivity index is 2.21. The minimum absolute atomic E-state index is 0.277. The monoisotopic (exact) mass is 358 g/mol. The summed E-state index contributed by atoms with van der Waals surface area (Å²) >= 11 is 2.26. The lowest BCUT2D eigenvalue weighted by molar-refractivity contribution is 0.174. The van der Waals surface area contributed by atoms with Crippen LogP contribution in [0.4, 0.5) is 0 Å². The highest BCUT2D eigenvalue weighted by molar-refractivity contribution is 14.1. The summed E-state index contributed by atoms with van der Waals surface area (Å²) in [6.45, 7) is 6.63. The third-order valence-electron chi connectivity index (χ3n) is 2.52. The third-order valence-corrected chi connectivity index (χ3v) is 2.96. The molecule has 1 aromatic rings. The second kappa shape index (κ2) is 6.13. The molecule has 1 aromatic carbocycles. The average Bonchev–Trinajstić information content (AvgIpc) is 2.76. The molecule has 0 saturated heterocycles. The summed E-state index contributed by atoms with van der Waals surface area (Å²) in [6.07, 6.45) is 4.63. The van der Waals surface area contributed by atoms with Gasteiger partial charge in [0.1, 0.15) is 12.4 Å². The molecular formula is C14H15IO3. The molecule has 0 radical (unpaired) electrons. The summed E-state index contributed by atoms with van der Waals surface area (Å²) in [4.78, 5) is 0. The Morgan fingerprint density at radius 3 is 2.83 bits per heavy atom. The van der Waals surface area contributed by atoms with E-state index >= 15 is 0 Å². The second-order valence-corrected chi connectivity index (χ2v) is 5.61. The van der Waals surface area contributed by atoms with Crippen LogP contribution in [0.15, 0.2) is 34.4 Å². The van der Waals surface area contributed by atoms with Crippen molar-refractivity contribution in [2.45, 2.75) is 13.3 Å². The van der Waals surface area contributed by atoms with E-state index in [1.165, 1.54) is 3.58 Å². The number of fused-ring (bicyclic) bond motifs is 1. The molecule has 0 saturated carbocycles. The van der Waals surface area contributed by atoms with Crippen molar-refractivity contribution in [3.8, 4) is 17.2 Å². The SMILES string of the molecule is C=CCc1cc2c(cc1OC/C=C(/C)I)OCO2. The van der Waals surface area contributed by atoms with Crippen LogP contribution in [-0.4, -0.2) is 13.4 Å². The molecular weight excluding hydrogens is 343 g/mol. The Morgan fingerprint density at radius 2 is 2.17 bits per heavy atom. The number of ether oxygens (including phenoxy) is 3. The molecule has 1 aliphatic rings. The summed E-state index contributed by atoms with van der Waals surface area (Å²) in [5.41, 5.74) is 1.06. The van der Waals surface area contributed by atoms with Crippen LogP contribution >= 0.6 is 22.6 Å². The lowest BCUT2D eigenvalue weighted by Crippen LogP contribution is -1.98. The van der Waals surface area contributed by atoms with E-state index < -0.39 is 0 Å². The predicted molar refractivity (Wildman–Crippen MR) is 79.7 cm³/mol. The maximum absolute atomic E-state index is 5.76. The van der Waals surface area contributed by atoms with Crippen molar-refractivity contribution < 1.29 is 14.2 Å². The predicted octanol–water partition coefficient (Wildman–Crippen LogP) is 3.86. The lowest BCUT2D eigenvalue weighted by Gasteiger charge is -2.10. The molecule has 2 rings (SSSR count). The van der Waals surface area contributed by atoms with E-state index in [9.17, 15) is 0 Å². The van der Waals surface area contributed by atoms with Gasteiger partial charge in [0.25, 0.3) is 0 Å². The van der Waals surface area contributed by atoms with Crippen molar-refractivity contribution in [3.05, 3.63) is 40.0 Å². The molecule has 18 heavy (non-hydrogen) atoms. The third kappa shape index (κ3) is 3.19. The standard InChI is InChI=1S/C14H15IO3/c1-3-4-11-7-13-14(18-9-17-13)8-12(11)16-6-5-10(2)15/h3,5,7-8H,1,4,6,9H2,2H3/b10-5-. The lowest BCUT2D eigenvalue weighted by atomic mass is 10.1. The molecule has 1 aliphatic heterocycles. The summed E-state index contributed by atoms with van der Waals surface area (Å²) in [5.74, 6) is 2.35. The molecule has 0 fully saturated rings. The van der Waals surface area contributed by atoms with Crippen LogP contribution in [0.3, 0.4) is 0 Å². The first kappa shape index (κ1) is 13.3. The highest BCUT2D eigenvalue weighted by Crippen LogP contribution is 2.38. The van der Waals surface area contributed by atoms with Crippen LogP contribution in [0, 0.1) is 0 Å². The number of halogens is 1. The van der Waals surface area contributed by atoms with E-state index in [2.05, 4.69) is 29.2 Å². The summed E-state index contributed by atoms with van der Waals surface area (Å²) < 4.78 is 17.7. The largest absolute Gasteiger partial charge is 0.489 e. The molecule has 0 N–H and O–H groups in total. The van der Waals surface area contributed by atoms with E-state index in [4.69, 9.17) is 14.2 Å². The van der Waals surface area contributed by atoms with Crippen LogP contribution in [0.5, 0.6) is 17.2 Å². The van der Waals surface area contributed by atoms with Crippen LogP contribution in [0.25, 0.3) is 0 Å². The van der Waals surface area contributed by atoms with Crippen molar-refractivity contribution in [1.82, 2.24) is 0 Å². The number of allylic oxidation sites excluding steroid dienone is 2. The molecule has 0 unspecified atom stereocenters. The van der Waals surface area contributed by atoms with Crippen molar-refractivity contribution in [3.63, 3.8) is 0 Å². The Kier molecular flexibility index (Phi) is 4.52. The fourth-order valence-electron chi connectivity index (χ4n) is 1.66. The van der Waals surface area contributed by atoms with Gasteiger partial charge in [-0.2, -0.15) is 0 Å². The van der Waals surface area contributed by atoms with Crippen molar-refractivity contribution in [1.29, 1.82) is 0 Å². The van der Waals surface area contributed by atoms with Crippen LogP contribution in [0.2, 0.25) is 0 Å². The topological polar surface area (TPSA) is 27.7 Å². The number of benzene rings is 1. The van der Waals surface area contributed by atoms with Crippen molar-refractivity contribution in [2.24, 2.45) is 0 Å². The molecule has 0 spiro atoms. The zero-order chi connectivity index (χ0) is 13.0. The summed E-state index contributed by atoms with van der Waals surface area (Å²) in [5, 5.41) is 0. The molecule has 0 aliphatic carbocycles. The minimum atomic E-state index is 0.277. The molecule has 1 heterocycles. The van der Waals surface area contributed by atoms with Crippen LogP contribution in [0.1, 0.15) is 12.5 Å². The molecule has 3 nitrogen and oxygen atoms in total. The van der Waals surface area contributed by atoms with Gasteiger partial charge in [0.2, 0.25) is 6.79 Å². The maximum atomic E-state index is 5.76. The summed E-state index contributed by atoms with van der Waals surface area (Å²) in [7, 11) is 0. The van der Waals surface area contributed by atoms with Gasteiger partial charge in [-0.05, 0) is 51.7 Å². The molecule has 4 heteroatoms. The zero-order valence-corrected chi connectivity index (χ0v) is 12.4. The highest BCUT2D eigenvalue weighted by Gasteiger charge is 2.17. The number of hydrogen-bond donors (Lipinski definition) is 0. The fourth-order valence-corrected chi connectivity index (χ4v) is 1.84. The van der Waals surface area contributed by atoms with Gasteiger partial charge in [0.15, 0.2) is 11.5 Å². The first-order valence-corrected chi connectivity index (χ1v) is 6.77.